The molecule has 2 amide bonds. The molecule has 1 aliphatic carbocycles. The Bertz CT molecular complexity index is 960. The zero-order valence-electron chi connectivity index (χ0n) is 18.9. The molecule has 170 valence electrons. The molecule has 0 bridgehead atoms. The second kappa shape index (κ2) is 10.1. The van der Waals surface area contributed by atoms with Gasteiger partial charge < -0.3 is 19.7 Å². The average molecular weight is 437 g/mol. The number of carbonyl (C=O) groups excluding carboxylic acids is 2. The van der Waals surface area contributed by atoms with E-state index < -0.39 is 6.04 Å². The van der Waals surface area contributed by atoms with E-state index >= 15 is 0 Å². The number of nitrogens with one attached hydrogen (secondary N) is 1. The first-order valence-electron chi connectivity index (χ1n) is 11.5. The molecule has 6 heteroatoms. The molecular weight excluding hydrogens is 404 g/mol. The van der Waals surface area contributed by atoms with Gasteiger partial charge in [0.1, 0.15) is 24.1 Å². The van der Waals surface area contributed by atoms with Crippen LogP contribution in [0.2, 0.25) is 0 Å². The number of carbonyl (C=O) groups is 2. The quantitative estimate of drug-likeness (QED) is 0.667. The van der Waals surface area contributed by atoms with Gasteiger partial charge in [0, 0.05) is 6.04 Å². The number of rotatable bonds is 7. The number of ether oxygens (including phenoxy) is 2. The molecule has 3 atom stereocenters. The topological polar surface area (TPSA) is 67.9 Å². The molecule has 6 nitrogen and oxygen atoms in total. The number of likely N-dealkylation sites (tertiary alicyclic amines) is 1. The highest BCUT2D eigenvalue weighted by atomic mass is 16.5. The van der Waals surface area contributed by atoms with Crippen LogP contribution in [0.25, 0.3) is 0 Å². The largest absolute Gasteiger partial charge is 0.496 e. The van der Waals surface area contributed by atoms with Crippen molar-refractivity contribution in [1.82, 2.24) is 10.2 Å². The molecule has 1 N–H and O–H groups in total. The molecule has 1 saturated heterocycles. The van der Waals surface area contributed by atoms with Crippen LogP contribution in [0.1, 0.15) is 48.0 Å². The first kappa shape index (κ1) is 22.2. The number of hydrogen-bond acceptors (Lipinski definition) is 4. The Labute approximate surface area is 189 Å². The van der Waals surface area contributed by atoms with E-state index in [1.807, 2.05) is 48.2 Å². The first-order chi connectivity index (χ1) is 15.6. The van der Waals surface area contributed by atoms with Gasteiger partial charge in [0.25, 0.3) is 5.91 Å². The van der Waals surface area contributed by atoms with Crippen LogP contribution in [0.3, 0.4) is 0 Å². The SMILES string of the molecule is COc1ccccc1C(=O)N1C(C(=O)NCCOc2ccccc2C)CC2CCCCC21. The van der Waals surface area contributed by atoms with Gasteiger partial charge in [-0.3, -0.25) is 9.59 Å². The van der Waals surface area contributed by atoms with Crippen LogP contribution >= 0.6 is 0 Å². The zero-order valence-corrected chi connectivity index (χ0v) is 18.9. The highest BCUT2D eigenvalue weighted by Gasteiger charge is 2.47. The summed E-state index contributed by atoms with van der Waals surface area (Å²) in [4.78, 5) is 28.6. The summed E-state index contributed by atoms with van der Waals surface area (Å²) in [6, 6.07) is 14.7. The van der Waals surface area contributed by atoms with Gasteiger partial charge in [-0.2, -0.15) is 0 Å². The molecule has 1 heterocycles. The van der Waals surface area contributed by atoms with Crippen LogP contribution in [0, 0.1) is 12.8 Å². The van der Waals surface area contributed by atoms with Gasteiger partial charge in [-0.05, 0) is 55.9 Å². The van der Waals surface area contributed by atoms with E-state index in [2.05, 4.69) is 5.32 Å². The summed E-state index contributed by atoms with van der Waals surface area (Å²) in [5.74, 6) is 1.52. The predicted octanol–water partition coefficient (Wildman–Crippen LogP) is 3.97. The average Bonchev–Trinajstić information content (AvgIpc) is 3.22. The minimum Gasteiger partial charge on any atom is -0.496 e. The Morgan fingerprint density at radius 3 is 2.53 bits per heavy atom. The maximum atomic E-state index is 13.6. The minimum atomic E-state index is -0.459. The fourth-order valence-electron chi connectivity index (χ4n) is 5.12. The number of fused-ring (bicyclic) bond motifs is 1. The Hall–Kier alpha value is -3.02. The van der Waals surface area contributed by atoms with Crippen LogP contribution < -0.4 is 14.8 Å². The molecule has 1 saturated carbocycles. The van der Waals surface area contributed by atoms with Crippen molar-refractivity contribution in [2.24, 2.45) is 5.92 Å². The maximum Gasteiger partial charge on any atom is 0.258 e. The highest BCUT2D eigenvalue weighted by molar-refractivity contribution is 6.00. The van der Waals surface area contributed by atoms with Crippen molar-refractivity contribution in [1.29, 1.82) is 0 Å². The summed E-state index contributed by atoms with van der Waals surface area (Å²) in [5.41, 5.74) is 1.58. The molecule has 4 rings (SSSR count). The lowest BCUT2D eigenvalue weighted by Gasteiger charge is -2.34. The van der Waals surface area contributed by atoms with Gasteiger partial charge in [0.2, 0.25) is 5.91 Å². The van der Waals surface area contributed by atoms with Gasteiger partial charge >= 0.3 is 0 Å². The molecule has 0 spiro atoms. The number of methoxy groups -OCH3 is 1. The van der Waals surface area contributed by atoms with Crippen LogP contribution in [-0.2, 0) is 4.79 Å². The van der Waals surface area contributed by atoms with E-state index in [9.17, 15) is 9.59 Å². The lowest BCUT2D eigenvalue weighted by molar-refractivity contribution is -0.125. The van der Waals surface area contributed by atoms with E-state index in [0.717, 1.165) is 43.4 Å². The Morgan fingerprint density at radius 1 is 1.03 bits per heavy atom. The summed E-state index contributed by atoms with van der Waals surface area (Å²) < 4.78 is 11.2. The number of nitrogens with zero attached hydrogens (tertiary/aromatic N) is 1. The third kappa shape index (κ3) is 4.59. The molecule has 3 unspecified atom stereocenters. The van der Waals surface area contributed by atoms with Crippen LogP contribution in [0.5, 0.6) is 11.5 Å². The van der Waals surface area contributed by atoms with E-state index in [4.69, 9.17) is 9.47 Å². The predicted molar refractivity (Wildman–Crippen MR) is 123 cm³/mol. The van der Waals surface area contributed by atoms with Crippen LogP contribution in [0.15, 0.2) is 48.5 Å². The van der Waals surface area contributed by atoms with Gasteiger partial charge in [-0.15, -0.1) is 0 Å². The van der Waals surface area contributed by atoms with Gasteiger partial charge in [0.15, 0.2) is 0 Å². The fourth-order valence-corrected chi connectivity index (χ4v) is 5.12. The lowest BCUT2D eigenvalue weighted by atomic mass is 9.84. The van der Waals surface area contributed by atoms with Crippen LogP contribution in [0.4, 0.5) is 0 Å². The maximum absolute atomic E-state index is 13.6. The molecule has 0 radical (unpaired) electrons. The zero-order chi connectivity index (χ0) is 22.5. The van der Waals surface area contributed by atoms with E-state index in [1.165, 1.54) is 0 Å². The molecular formula is C26H32N2O4. The second-order valence-electron chi connectivity index (χ2n) is 8.68. The normalized spacial score (nSPS) is 22.2. The van der Waals surface area contributed by atoms with Crippen molar-refractivity contribution in [2.45, 2.75) is 51.1 Å². The van der Waals surface area contributed by atoms with Crippen molar-refractivity contribution in [3.05, 3.63) is 59.7 Å². The number of benzene rings is 2. The Morgan fingerprint density at radius 2 is 1.75 bits per heavy atom. The van der Waals surface area contributed by atoms with Crippen LogP contribution in [-0.4, -0.2) is 49.1 Å². The van der Waals surface area contributed by atoms with E-state index in [-0.39, 0.29) is 17.9 Å². The summed E-state index contributed by atoms with van der Waals surface area (Å²) in [6.45, 7) is 2.78. The fraction of sp³-hybridized carbons (Fsp3) is 0.462. The van der Waals surface area contributed by atoms with Crippen molar-refractivity contribution >= 4 is 11.8 Å². The van der Waals surface area contributed by atoms with Gasteiger partial charge in [-0.1, -0.05) is 43.2 Å². The number of aryl methyl sites for hydroxylation is 1. The van der Waals surface area contributed by atoms with Crippen molar-refractivity contribution in [2.75, 3.05) is 20.3 Å². The van der Waals surface area contributed by atoms with Crippen molar-refractivity contribution < 1.29 is 19.1 Å². The molecule has 1 aliphatic heterocycles. The third-order valence-corrected chi connectivity index (χ3v) is 6.72. The van der Waals surface area contributed by atoms with E-state index in [1.54, 1.807) is 19.2 Å². The smallest absolute Gasteiger partial charge is 0.258 e. The van der Waals surface area contributed by atoms with Gasteiger partial charge in [0.05, 0.1) is 19.2 Å². The molecule has 2 fully saturated rings. The van der Waals surface area contributed by atoms with Crippen molar-refractivity contribution in [3.63, 3.8) is 0 Å². The number of hydrogen-bond donors (Lipinski definition) is 1. The summed E-state index contributed by atoms with van der Waals surface area (Å²) in [5, 5.41) is 3.00. The summed E-state index contributed by atoms with van der Waals surface area (Å²) in [6.07, 6.45) is 4.99. The first-order valence-corrected chi connectivity index (χ1v) is 11.5. The standard InChI is InChI=1S/C26H32N2O4/c1-18-9-3-7-13-23(18)32-16-15-27-25(29)22-17-19-10-4-6-12-21(19)28(22)26(30)20-11-5-8-14-24(20)31-2/h3,5,7-9,11,13-14,19,21-22H,4,6,10,12,15-17H2,1-2H3,(H,27,29). The lowest BCUT2D eigenvalue weighted by Crippen LogP contribution is -2.50. The number of amides is 2. The molecule has 32 heavy (non-hydrogen) atoms. The molecule has 2 aromatic rings. The summed E-state index contributed by atoms with van der Waals surface area (Å²) >= 11 is 0. The second-order valence-corrected chi connectivity index (χ2v) is 8.68. The monoisotopic (exact) mass is 436 g/mol. The van der Waals surface area contributed by atoms with E-state index in [0.29, 0.717) is 30.4 Å². The Kier molecular flexibility index (Phi) is 6.98. The molecule has 2 aliphatic rings. The van der Waals surface area contributed by atoms with Crippen molar-refractivity contribution in [3.8, 4) is 11.5 Å². The number of para-hydroxylation sites is 2. The summed E-state index contributed by atoms with van der Waals surface area (Å²) in [7, 11) is 1.57. The molecule has 0 aromatic heterocycles. The minimum absolute atomic E-state index is 0.101. The van der Waals surface area contributed by atoms with Gasteiger partial charge in [-0.25, -0.2) is 0 Å². The Balaban J connectivity index is 1.45. The molecule has 2 aromatic carbocycles. The highest BCUT2D eigenvalue weighted by Crippen LogP contribution is 2.41. The third-order valence-electron chi connectivity index (χ3n) is 6.72.